The zero-order chi connectivity index (χ0) is 20.8. The van der Waals surface area contributed by atoms with Gasteiger partial charge in [-0.05, 0) is 25.2 Å². The number of aryl methyl sites for hydroxylation is 1. The lowest BCUT2D eigenvalue weighted by Gasteiger charge is -2.39. The molecule has 3 heterocycles. The van der Waals surface area contributed by atoms with Crippen LogP contribution in [0.15, 0.2) is 11.2 Å². The van der Waals surface area contributed by atoms with Gasteiger partial charge in [0.15, 0.2) is 5.96 Å². The molecule has 0 radical (unpaired) electrons. The number of aliphatic imine (C=N–C) groups is 1. The van der Waals surface area contributed by atoms with Crippen molar-refractivity contribution in [2.24, 2.45) is 16.8 Å². The Bertz CT molecular complexity index is 687. The fourth-order valence-electron chi connectivity index (χ4n) is 4.41. The van der Waals surface area contributed by atoms with E-state index >= 15 is 0 Å². The number of carbonyl (C=O) groups excluding carboxylic acids is 1. The Labute approximate surface area is 179 Å². The first-order chi connectivity index (χ1) is 13.9. The summed E-state index contributed by atoms with van der Waals surface area (Å²) in [7, 11) is 1.84. The standard InChI is InChI=1S/C21H36N6OS/c1-16-11-17(2)14-27(13-16)20(28)15-25-7-9-26(10-8-25)21(22-4)23-6-5-19-24-12-18(3)29-19/h12,16-17H,5-11,13-15H2,1-4H3,(H,22,23). The van der Waals surface area contributed by atoms with E-state index in [0.29, 0.717) is 18.4 Å². The smallest absolute Gasteiger partial charge is 0.236 e. The molecule has 3 rings (SSSR count). The molecule has 0 aromatic carbocycles. The van der Waals surface area contributed by atoms with Crippen molar-refractivity contribution >= 4 is 23.2 Å². The van der Waals surface area contributed by atoms with E-state index in [1.54, 1.807) is 11.3 Å². The largest absolute Gasteiger partial charge is 0.356 e. The number of carbonyl (C=O) groups is 1. The minimum Gasteiger partial charge on any atom is -0.356 e. The summed E-state index contributed by atoms with van der Waals surface area (Å²) in [5, 5.41) is 4.62. The molecule has 1 aromatic rings. The van der Waals surface area contributed by atoms with Crippen LogP contribution in [0.3, 0.4) is 0 Å². The fraction of sp³-hybridized carbons (Fsp3) is 0.762. The molecule has 0 bridgehead atoms. The van der Waals surface area contributed by atoms with Gasteiger partial charge in [-0.25, -0.2) is 4.98 Å². The maximum Gasteiger partial charge on any atom is 0.236 e. The molecule has 2 unspecified atom stereocenters. The lowest BCUT2D eigenvalue weighted by molar-refractivity contribution is -0.135. The van der Waals surface area contributed by atoms with E-state index in [0.717, 1.165) is 63.2 Å². The third-order valence-corrected chi connectivity index (χ3v) is 6.73. The lowest BCUT2D eigenvalue weighted by Crippen LogP contribution is -2.55. The topological polar surface area (TPSA) is 64.1 Å². The third kappa shape index (κ3) is 6.40. The summed E-state index contributed by atoms with van der Waals surface area (Å²) < 4.78 is 0. The molecule has 0 saturated carbocycles. The first-order valence-electron chi connectivity index (χ1n) is 10.8. The molecule has 2 saturated heterocycles. The normalized spacial score (nSPS) is 24.1. The van der Waals surface area contributed by atoms with Crippen molar-refractivity contribution in [3.05, 3.63) is 16.1 Å². The summed E-state index contributed by atoms with van der Waals surface area (Å²) in [5.74, 6) is 2.46. The van der Waals surface area contributed by atoms with E-state index in [1.165, 1.54) is 11.3 Å². The number of thiazole rings is 1. The van der Waals surface area contributed by atoms with E-state index < -0.39 is 0 Å². The van der Waals surface area contributed by atoms with Crippen LogP contribution in [0.25, 0.3) is 0 Å². The van der Waals surface area contributed by atoms with Gasteiger partial charge in [-0.15, -0.1) is 11.3 Å². The minimum absolute atomic E-state index is 0.290. The predicted octanol–water partition coefficient (Wildman–Crippen LogP) is 1.69. The molecule has 1 amide bonds. The third-order valence-electron chi connectivity index (χ3n) is 5.76. The second-order valence-corrected chi connectivity index (χ2v) is 9.92. The van der Waals surface area contributed by atoms with Crippen molar-refractivity contribution in [2.75, 3.05) is 59.4 Å². The summed E-state index contributed by atoms with van der Waals surface area (Å²) in [6.45, 7) is 13.4. The van der Waals surface area contributed by atoms with Crippen LogP contribution in [0.1, 0.15) is 30.2 Å². The van der Waals surface area contributed by atoms with Gasteiger partial charge in [-0.1, -0.05) is 13.8 Å². The molecule has 29 heavy (non-hydrogen) atoms. The number of aromatic nitrogens is 1. The first kappa shape index (κ1) is 22.0. The number of rotatable bonds is 5. The first-order valence-corrected chi connectivity index (χ1v) is 11.6. The van der Waals surface area contributed by atoms with Crippen molar-refractivity contribution in [3.8, 4) is 0 Å². The van der Waals surface area contributed by atoms with Gasteiger partial charge in [0.2, 0.25) is 5.91 Å². The number of amides is 1. The molecule has 2 aliphatic heterocycles. The maximum atomic E-state index is 12.7. The van der Waals surface area contributed by atoms with Gasteiger partial charge < -0.3 is 15.1 Å². The SMILES string of the molecule is CN=C(NCCc1ncc(C)s1)N1CCN(CC(=O)N2CC(C)CC(C)C2)CC1. The average molecular weight is 421 g/mol. The van der Waals surface area contributed by atoms with Crippen molar-refractivity contribution in [1.82, 2.24) is 25.0 Å². The van der Waals surface area contributed by atoms with E-state index in [4.69, 9.17) is 0 Å². The van der Waals surface area contributed by atoms with Crippen molar-refractivity contribution in [2.45, 2.75) is 33.6 Å². The summed E-state index contributed by atoms with van der Waals surface area (Å²) in [4.78, 5) is 29.5. The van der Waals surface area contributed by atoms with Crippen molar-refractivity contribution in [3.63, 3.8) is 0 Å². The van der Waals surface area contributed by atoms with E-state index in [1.807, 2.05) is 13.2 Å². The van der Waals surface area contributed by atoms with Crippen LogP contribution >= 0.6 is 11.3 Å². The molecule has 1 aromatic heterocycles. The van der Waals surface area contributed by atoms with Crippen LogP contribution in [0, 0.1) is 18.8 Å². The highest BCUT2D eigenvalue weighted by atomic mass is 32.1. The van der Waals surface area contributed by atoms with Crippen LogP contribution < -0.4 is 5.32 Å². The second kappa shape index (κ2) is 10.4. The Morgan fingerprint density at radius 1 is 1.21 bits per heavy atom. The van der Waals surface area contributed by atoms with Crippen LogP contribution in [0.5, 0.6) is 0 Å². The Kier molecular flexibility index (Phi) is 7.89. The molecule has 162 valence electrons. The van der Waals surface area contributed by atoms with E-state index in [9.17, 15) is 4.79 Å². The molecule has 0 aliphatic carbocycles. The number of likely N-dealkylation sites (tertiary alicyclic amines) is 1. The number of piperidine rings is 1. The van der Waals surface area contributed by atoms with Crippen molar-refractivity contribution in [1.29, 1.82) is 0 Å². The maximum absolute atomic E-state index is 12.7. The van der Waals surface area contributed by atoms with Gasteiger partial charge in [0.25, 0.3) is 0 Å². The molecule has 0 spiro atoms. The Morgan fingerprint density at radius 2 is 1.90 bits per heavy atom. The Morgan fingerprint density at radius 3 is 2.48 bits per heavy atom. The van der Waals surface area contributed by atoms with E-state index in [2.05, 4.69) is 50.8 Å². The number of hydrogen-bond donors (Lipinski definition) is 1. The van der Waals surface area contributed by atoms with Gasteiger partial charge in [0.05, 0.1) is 11.6 Å². The fourth-order valence-corrected chi connectivity index (χ4v) is 5.19. The predicted molar refractivity (Wildman–Crippen MR) is 119 cm³/mol. The second-order valence-electron chi connectivity index (χ2n) is 8.60. The Hall–Kier alpha value is -1.67. The molecular weight excluding hydrogens is 384 g/mol. The quantitative estimate of drug-likeness (QED) is 0.580. The summed E-state index contributed by atoms with van der Waals surface area (Å²) in [5.41, 5.74) is 0. The van der Waals surface area contributed by atoms with Crippen LogP contribution in [0.4, 0.5) is 0 Å². The minimum atomic E-state index is 0.290. The average Bonchev–Trinajstić information content (AvgIpc) is 3.10. The van der Waals surface area contributed by atoms with Crippen LogP contribution in [-0.2, 0) is 11.2 Å². The van der Waals surface area contributed by atoms with Crippen LogP contribution in [-0.4, -0.2) is 91.0 Å². The molecule has 2 aliphatic rings. The zero-order valence-electron chi connectivity index (χ0n) is 18.4. The number of guanidine groups is 1. The lowest BCUT2D eigenvalue weighted by atomic mass is 9.92. The molecule has 2 atom stereocenters. The summed E-state index contributed by atoms with van der Waals surface area (Å²) in [6.07, 6.45) is 4.08. The Balaban J connectivity index is 1.40. The molecule has 2 fully saturated rings. The summed E-state index contributed by atoms with van der Waals surface area (Å²) in [6, 6.07) is 0. The van der Waals surface area contributed by atoms with Gasteiger partial charge in [-0.2, -0.15) is 0 Å². The van der Waals surface area contributed by atoms with Gasteiger partial charge in [-0.3, -0.25) is 14.7 Å². The molecular formula is C21H36N6OS. The van der Waals surface area contributed by atoms with Crippen molar-refractivity contribution < 1.29 is 4.79 Å². The monoisotopic (exact) mass is 420 g/mol. The molecule has 8 heteroatoms. The number of nitrogens with one attached hydrogen (secondary N) is 1. The van der Waals surface area contributed by atoms with E-state index in [-0.39, 0.29) is 5.91 Å². The van der Waals surface area contributed by atoms with Crippen LogP contribution in [0.2, 0.25) is 0 Å². The number of hydrogen-bond acceptors (Lipinski definition) is 5. The van der Waals surface area contributed by atoms with Gasteiger partial charge >= 0.3 is 0 Å². The van der Waals surface area contributed by atoms with Gasteiger partial charge in [0.1, 0.15) is 0 Å². The molecule has 1 N–H and O–H groups in total. The highest BCUT2D eigenvalue weighted by molar-refractivity contribution is 7.11. The summed E-state index contributed by atoms with van der Waals surface area (Å²) >= 11 is 1.75. The van der Waals surface area contributed by atoms with Gasteiger partial charge in [0, 0.05) is 70.4 Å². The molecule has 7 nitrogen and oxygen atoms in total. The number of piperazine rings is 1. The highest BCUT2D eigenvalue weighted by Crippen LogP contribution is 2.21. The zero-order valence-corrected chi connectivity index (χ0v) is 19.2. The highest BCUT2D eigenvalue weighted by Gasteiger charge is 2.28. The number of nitrogens with zero attached hydrogens (tertiary/aromatic N) is 5.